The Balaban J connectivity index is 2.08. The van der Waals surface area contributed by atoms with E-state index in [0.717, 1.165) is 23.2 Å². The number of hydrogen-bond acceptors (Lipinski definition) is 3. The lowest BCUT2D eigenvalue weighted by Crippen LogP contribution is -2.16. The number of fused-ring (bicyclic) bond motifs is 1. The van der Waals surface area contributed by atoms with Crippen LogP contribution in [0.1, 0.15) is 13.3 Å². The van der Waals surface area contributed by atoms with E-state index in [1.165, 1.54) is 12.1 Å². The average Bonchev–Trinajstić information content (AvgIpc) is 2.67. The molecule has 3 nitrogen and oxygen atoms in total. The number of anilines is 1. The molecule has 0 saturated carbocycles. The van der Waals surface area contributed by atoms with Crippen LogP contribution in [-0.2, 0) is 0 Å². The fourth-order valence-corrected chi connectivity index (χ4v) is 2.24. The van der Waals surface area contributed by atoms with Crippen LogP contribution >= 0.6 is 11.8 Å². The van der Waals surface area contributed by atoms with Crippen molar-refractivity contribution in [3.8, 4) is 0 Å². The van der Waals surface area contributed by atoms with Crippen molar-refractivity contribution in [1.29, 1.82) is 0 Å². The molecule has 2 aromatic rings. The number of halogens is 1. The van der Waals surface area contributed by atoms with Gasteiger partial charge in [0, 0.05) is 6.04 Å². The number of benzene rings is 1. The van der Waals surface area contributed by atoms with Crippen molar-refractivity contribution in [3.05, 3.63) is 24.0 Å². The zero-order chi connectivity index (χ0) is 12.3. The summed E-state index contributed by atoms with van der Waals surface area (Å²) in [6.45, 7) is 2.12. The molecule has 0 saturated heterocycles. The molecule has 1 heterocycles. The number of nitrogens with one attached hydrogen (secondary N) is 2. The molecule has 0 aliphatic carbocycles. The van der Waals surface area contributed by atoms with Crippen molar-refractivity contribution in [2.75, 3.05) is 17.3 Å². The quantitative estimate of drug-likeness (QED) is 0.859. The predicted octanol–water partition coefficient (Wildman–Crippen LogP) is 3.26. The summed E-state index contributed by atoms with van der Waals surface area (Å²) in [5, 5.41) is 3.28. The second-order valence-electron chi connectivity index (χ2n) is 4.07. The normalized spacial score (nSPS) is 12.9. The first-order chi connectivity index (χ1) is 8.19. The number of aromatic amines is 1. The number of nitrogens with zero attached hydrogens (tertiary/aromatic N) is 1. The van der Waals surface area contributed by atoms with Crippen LogP contribution in [0.25, 0.3) is 11.0 Å². The van der Waals surface area contributed by atoms with Gasteiger partial charge in [-0.15, -0.1) is 0 Å². The molecule has 0 amide bonds. The van der Waals surface area contributed by atoms with E-state index in [1.54, 1.807) is 6.07 Å². The van der Waals surface area contributed by atoms with Gasteiger partial charge in [0.05, 0.1) is 11.0 Å². The third-order valence-corrected chi connectivity index (χ3v) is 3.23. The Kier molecular flexibility index (Phi) is 3.89. The van der Waals surface area contributed by atoms with Crippen molar-refractivity contribution in [2.45, 2.75) is 19.4 Å². The Bertz CT molecular complexity index is 497. The van der Waals surface area contributed by atoms with E-state index in [-0.39, 0.29) is 5.82 Å². The maximum absolute atomic E-state index is 13.0. The summed E-state index contributed by atoms with van der Waals surface area (Å²) < 4.78 is 13.0. The lowest BCUT2D eigenvalue weighted by atomic mass is 10.3. The molecule has 0 bridgehead atoms. The number of imidazole rings is 1. The van der Waals surface area contributed by atoms with Gasteiger partial charge in [0.25, 0.3) is 0 Å². The number of hydrogen-bond donors (Lipinski definition) is 2. The van der Waals surface area contributed by atoms with E-state index in [4.69, 9.17) is 0 Å². The van der Waals surface area contributed by atoms with Crippen molar-refractivity contribution in [1.82, 2.24) is 9.97 Å². The Morgan fingerprint density at radius 3 is 3.12 bits per heavy atom. The van der Waals surface area contributed by atoms with Crippen molar-refractivity contribution in [3.63, 3.8) is 0 Å². The Morgan fingerprint density at radius 1 is 1.53 bits per heavy atom. The summed E-state index contributed by atoms with van der Waals surface area (Å²) >= 11 is 1.83. The van der Waals surface area contributed by atoms with Crippen molar-refractivity contribution >= 4 is 28.7 Å². The third-order valence-electron chi connectivity index (χ3n) is 2.58. The van der Waals surface area contributed by atoms with Crippen LogP contribution in [0.3, 0.4) is 0 Å². The lowest BCUT2D eigenvalue weighted by molar-refractivity contribution is 0.629. The van der Waals surface area contributed by atoms with Crippen LogP contribution in [-0.4, -0.2) is 28.0 Å². The van der Waals surface area contributed by atoms with Crippen LogP contribution < -0.4 is 5.32 Å². The van der Waals surface area contributed by atoms with Crippen LogP contribution in [0.4, 0.5) is 10.3 Å². The molecule has 92 valence electrons. The molecule has 0 spiro atoms. The second-order valence-corrected chi connectivity index (χ2v) is 5.06. The monoisotopic (exact) mass is 253 g/mol. The van der Waals surface area contributed by atoms with E-state index in [0.29, 0.717) is 12.0 Å². The summed E-state index contributed by atoms with van der Waals surface area (Å²) in [4.78, 5) is 7.44. The molecule has 1 aromatic carbocycles. The number of thioether (sulfide) groups is 1. The first kappa shape index (κ1) is 12.2. The minimum absolute atomic E-state index is 0.247. The molecule has 1 unspecified atom stereocenters. The highest BCUT2D eigenvalue weighted by Gasteiger charge is 2.06. The summed E-state index contributed by atoms with van der Waals surface area (Å²) in [5.74, 6) is 1.57. The SMILES string of the molecule is CSCCC(C)Nc1nc2ccc(F)cc2[nH]1. The minimum atomic E-state index is -0.247. The van der Waals surface area contributed by atoms with Crippen LogP contribution in [0.5, 0.6) is 0 Å². The average molecular weight is 253 g/mol. The molecule has 2 rings (SSSR count). The molecule has 1 aromatic heterocycles. The van der Waals surface area contributed by atoms with Gasteiger partial charge >= 0.3 is 0 Å². The molecule has 0 aliphatic rings. The predicted molar refractivity (Wildman–Crippen MR) is 72.1 cm³/mol. The summed E-state index contributed by atoms with van der Waals surface area (Å²) in [5.41, 5.74) is 1.51. The smallest absolute Gasteiger partial charge is 0.201 e. The molecule has 0 aliphatic heterocycles. The Morgan fingerprint density at radius 2 is 2.35 bits per heavy atom. The summed E-state index contributed by atoms with van der Waals surface area (Å²) in [6, 6.07) is 4.91. The van der Waals surface area contributed by atoms with Gasteiger partial charge < -0.3 is 10.3 Å². The Hall–Kier alpha value is -1.23. The third kappa shape index (κ3) is 3.12. The fraction of sp³-hybridized carbons (Fsp3) is 0.417. The maximum Gasteiger partial charge on any atom is 0.201 e. The van der Waals surface area contributed by atoms with Gasteiger partial charge in [0.15, 0.2) is 0 Å². The zero-order valence-corrected chi connectivity index (χ0v) is 10.8. The summed E-state index contributed by atoms with van der Waals surface area (Å²) in [6.07, 6.45) is 3.17. The zero-order valence-electron chi connectivity index (χ0n) is 9.96. The molecule has 17 heavy (non-hydrogen) atoms. The molecular formula is C12H16FN3S. The van der Waals surface area contributed by atoms with Crippen molar-refractivity contribution < 1.29 is 4.39 Å². The topological polar surface area (TPSA) is 40.7 Å². The van der Waals surface area contributed by atoms with Crippen LogP contribution in [0.15, 0.2) is 18.2 Å². The highest BCUT2D eigenvalue weighted by Crippen LogP contribution is 2.16. The molecular weight excluding hydrogens is 237 g/mol. The van der Waals surface area contributed by atoms with E-state index >= 15 is 0 Å². The first-order valence-corrected chi connectivity index (χ1v) is 6.99. The number of rotatable bonds is 5. The fourth-order valence-electron chi connectivity index (χ4n) is 1.65. The molecule has 0 fully saturated rings. The maximum atomic E-state index is 13.0. The summed E-state index contributed by atoms with van der Waals surface area (Å²) in [7, 11) is 0. The van der Waals surface area contributed by atoms with E-state index < -0.39 is 0 Å². The molecule has 0 radical (unpaired) electrons. The highest BCUT2D eigenvalue weighted by atomic mass is 32.2. The van der Waals surface area contributed by atoms with Gasteiger partial charge in [-0.3, -0.25) is 0 Å². The van der Waals surface area contributed by atoms with Gasteiger partial charge in [0.1, 0.15) is 5.82 Å². The second kappa shape index (κ2) is 5.40. The van der Waals surface area contributed by atoms with E-state index in [1.807, 2.05) is 11.8 Å². The van der Waals surface area contributed by atoms with Gasteiger partial charge in [0.2, 0.25) is 5.95 Å². The Labute approximate surface area is 104 Å². The van der Waals surface area contributed by atoms with E-state index in [9.17, 15) is 4.39 Å². The van der Waals surface area contributed by atoms with Gasteiger partial charge in [-0.05, 0) is 43.6 Å². The van der Waals surface area contributed by atoms with Crippen LogP contribution in [0.2, 0.25) is 0 Å². The first-order valence-electron chi connectivity index (χ1n) is 5.60. The van der Waals surface area contributed by atoms with Gasteiger partial charge in [-0.1, -0.05) is 0 Å². The van der Waals surface area contributed by atoms with Crippen molar-refractivity contribution in [2.24, 2.45) is 0 Å². The molecule has 2 N–H and O–H groups in total. The highest BCUT2D eigenvalue weighted by molar-refractivity contribution is 7.98. The number of H-pyrrole nitrogens is 1. The standard InChI is InChI=1S/C12H16FN3S/c1-8(5-6-17-2)14-12-15-10-4-3-9(13)7-11(10)16-12/h3-4,7-8H,5-6H2,1-2H3,(H2,14,15,16). The molecule has 1 atom stereocenters. The molecule has 5 heteroatoms. The van der Waals surface area contributed by atoms with Crippen LogP contribution in [0, 0.1) is 5.82 Å². The van der Waals surface area contributed by atoms with Gasteiger partial charge in [-0.2, -0.15) is 11.8 Å². The lowest BCUT2D eigenvalue weighted by Gasteiger charge is -2.11. The van der Waals surface area contributed by atoms with E-state index in [2.05, 4.69) is 28.5 Å². The number of aromatic nitrogens is 2. The largest absolute Gasteiger partial charge is 0.353 e. The minimum Gasteiger partial charge on any atom is -0.353 e. The van der Waals surface area contributed by atoms with Gasteiger partial charge in [-0.25, -0.2) is 9.37 Å².